The first-order valence-corrected chi connectivity index (χ1v) is 7.79. The monoisotopic (exact) mass is 319 g/mol. The van der Waals surface area contributed by atoms with Gasteiger partial charge in [-0.3, -0.25) is 9.89 Å². The van der Waals surface area contributed by atoms with Gasteiger partial charge in [0.1, 0.15) is 5.75 Å². The predicted octanol–water partition coefficient (Wildman–Crippen LogP) is 3.05. The topological polar surface area (TPSA) is 58.2 Å². The van der Waals surface area contributed by atoms with E-state index < -0.39 is 0 Å². The Morgan fingerprint density at radius 1 is 1.50 bits per heavy atom. The number of aromatic nitrogens is 2. The summed E-state index contributed by atoms with van der Waals surface area (Å²) in [5, 5.41) is 7.54. The fraction of sp³-hybridized carbons (Fsp3) is 0.375. The van der Waals surface area contributed by atoms with Gasteiger partial charge in [-0.2, -0.15) is 5.10 Å². The lowest BCUT2D eigenvalue weighted by Crippen LogP contribution is -2.36. The van der Waals surface area contributed by atoms with Gasteiger partial charge in [0, 0.05) is 35.8 Å². The largest absolute Gasteiger partial charge is 0.493 e. The molecule has 5 nitrogen and oxygen atoms in total. The molecule has 22 heavy (non-hydrogen) atoms. The Kier molecular flexibility index (Phi) is 4.34. The van der Waals surface area contributed by atoms with Crippen LogP contribution in [0.15, 0.2) is 24.4 Å². The molecule has 0 radical (unpaired) electrons. The number of carbonyl (C=O) groups excluding carboxylic acids is 1. The van der Waals surface area contributed by atoms with Gasteiger partial charge in [-0.1, -0.05) is 18.5 Å². The summed E-state index contributed by atoms with van der Waals surface area (Å²) < 4.78 is 5.68. The van der Waals surface area contributed by atoms with Crippen molar-refractivity contribution in [3.05, 3.63) is 46.2 Å². The predicted molar refractivity (Wildman–Crippen MR) is 84.3 cm³/mol. The number of rotatable bonds is 4. The van der Waals surface area contributed by atoms with E-state index in [4.69, 9.17) is 16.3 Å². The summed E-state index contributed by atoms with van der Waals surface area (Å²) >= 11 is 6.06. The van der Waals surface area contributed by atoms with E-state index in [-0.39, 0.29) is 5.91 Å². The van der Waals surface area contributed by atoms with Crippen molar-refractivity contribution in [2.24, 2.45) is 0 Å². The highest BCUT2D eigenvalue weighted by Crippen LogP contribution is 2.26. The molecule has 2 aromatic rings. The molecule has 116 valence electrons. The summed E-state index contributed by atoms with van der Waals surface area (Å²) in [5.74, 6) is 0.537. The highest BCUT2D eigenvalue weighted by atomic mass is 35.5. The van der Waals surface area contributed by atoms with E-state index in [0.29, 0.717) is 36.0 Å². The van der Waals surface area contributed by atoms with Crippen molar-refractivity contribution in [3.8, 4) is 5.75 Å². The lowest BCUT2D eigenvalue weighted by atomic mass is 10.1. The number of nitrogens with zero attached hydrogens (tertiary/aromatic N) is 2. The SMILES string of the molecule is CCCOc1ccc(Cl)cc1C(=O)N1CCc2[nH]ncc2C1. The minimum Gasteiger partial charge on any atom is -0.493 e. The molecule has 0 saturated heterocycles. The number of aromatic amines is 1. The molecule has 1 aromatic heterocycles. The van der Waals surface area contributed by atoms with Gasteiger partial charge in [0.25, 0.3) is 5.91 Å². The maximum Gasteiger partial charge on any atom is 0.257 e. The minimum atomic E-state index is -0.0551. The van der Waals surface area contributed by atoms with Crippen LogP contribution in [-0.2, 0) is 13.0 Å². The van der Waals surface area contributed by atoms with Crippen LogP contribution in [0, 0.1) is 0 Å². The first kappa shape index (κ1) is 14.9. The number of fused-ring (bicyclic) bond motifs is 1. The van der Waals surface area contributed by atoms with Crippen LogP contribution >= 0.6 is 11.6 Å². The molecule has 0 bridgehead atoms. The first-order chi connectivity index (χ1) is 10.7. The third kappa shape index (κ3) is 2.95. The zero-order chi connectivity index (χ0) is 15.5. The lowest BCUT2D eigenvalue weighted by Gasteiger charge is -2.27. The van der Waals surface area contributed by atoms with E-state index in [1.165, 1.54) is 0 Å². The van der Waals surface area contributed by atoms with Crippen LogP contribution in [0.5, 0.6) is 5.75 Å². The molecular formula is C16H18ClN3O2. The van der Waals surface area contributed by atoms with Crippen molar-refractivity contribution in [3.63, 3.8) is 0 Å². The summed E-state index contributed by atoms with van der Waals surface area (Å²) in [7, 11) is 0. The van der Waals surface area contributed by atoms with Crippen LogP contribution in [0.2, 0.25) is 5.02 Å². The Balaban J connectivity index is 1.84. The molecule has 0 fully saturated rings. The summed E-state index contributed by atoms with van der Waals surface area (Å²) in [6.07, 6.45) is 3.45. The van der Waals surface area contributed by atoms with Crippen LogP contribution in [0.1, 0.15) is 35.0 Å². The van der Waals surface area contributed by atoms with Crippen LogP contribution in [-0.4, -0.2) is 34.2 Å². The number of H-pyrrole nitrogens is 1. The highest BCUT2D eigenvalue weighted by molar-refractivity contribution is 6.31. The average molecular weight is 320 g/mol. The molecule has 3 rings (SSSR count). The van der Waals surface area contributed by atoms with E-state index in [1.54, 1.807) is 24.4 Å². The van der Waals surface area contributed by atoms with Gasteiger partial charge in [-0.05, 0) is 24.6 Å². The lowest BCUT2D eigenvalue weighted by molar-refractivity contribution is 0.0730. The third-order valence-electron chi connectivity index (χ3n) is 3.72. The molecule has 0 saturated carbocycles. The van der Waals surface area contributed by atoms with Crippen molar-refractivity contribution in [2.45, 2.75) is 26.3 Å². The molecular weight excluding hydrogens is 302 g/mol. The molecule has 2 heterocycles. The molecule has 0 aliphatic carbocycles. The maximum atomic E-state index is 12.8. The fourth-order valence-corrected chi connectivity index (χ4v) is 2.75. The van der Waals surface area contributed by atoms with E-state index in [2.05, 4.69) is 10.2 Å². The van der Waals surface area contributed by atoms with Crippen molar-refractivity contribution >= 4 is 17.5 Å². The molecule has 1 aliphatic rings. The quantitative estimate of drug-likeness (QED) is 0.942. The highest BCUT2D eigenvalue weighted by Gasteiger charge is 2.25. The zero-order valence-corrected chi connectivity index (χ0v) is 13.2. The number of hydrogen-bond donors (Lipinski definition) is 1. The second kappa shape index (κ2) is 6.40. The summed E-state index contributed by atoms with van der Waals surface area (Å²) in [6.45, 7) is 3.83. The standard InChI is InChI=1S/C16H18ClN3O2/c1-2-7-22-15-4-3-12(17)8-13(15)16(21)20-6-5-14-11(10-20)9-18-19-14/h3-4,8-9H,2,5-7,10H2,1H3,(H,18,19). The molecule has 1 aromatic carbocycles. The Morgan fingerprint density at radius 3 is 3.18 bits per heavy atom. The number of benzene rings is 1. The van der Waals surface area contributed by atoms with E-state index in [0.717, 1.165) is 24.1 Å². The Morgan fingerprint density at radius 2 is 2.36 bits per heavy atom. The fourth-order valence-electron chi connectivity index (χ4n) is 2.57. The smallest absolute Gasteiger partial charge is 0.257 e. The molecule has 0 atom stereocenters. The van der Waals surface area contributed by atoms with Crippen molar-refractivity contribution in [2.75, 3.05) is 13.2 Å². The van der Waals surface area contributed by atoms with Gasteiger partial charge in [0.15, 0.2) is 0 Å². The van der Waals surface area contributed by atoms with E-state index in [1.807, 2.05) is 11.8 Å². The van der Waals surface area contributed by atoms with E-state index >= 15 is 0 Å². The maximum absolute atomic E-state index is 12.8. The summed E-state index contributed by atoms with van der Waals surface area (Å²) in [6, 6.07) is 5.19. The van der Waals surface area contributed by atoms with Gasteiger partial charge < -0.3 is 9.64 Å². The molecule has 0 spiro atoms. The number of halogens is 1. The zero-order valence-electron chi connectivity index (χ0n) is 12.4. The number of hydrogen-bond acceptors (Lipinski definition) is 3. The number of carbonyl (C=O) groups is 1. The molecule has 6 heteroatoms. The van der Waals surface area contributed by atoms with Gasteiger partial charge in [0.05, 0.1) is 18.4 Å². The molecule has 1 N–H and O–H groups in total. The minimum absolute atomic E-state index is 0.0551. The van der Waals surface area contributed by atoms with Gasteiger partial charge in [-0.15, -0.1) is 0 Å². The van der Waals surface area contributed by atoms with Crippen LogP contribution in [0.4, 0.5) is 0 Å². The Bertz CT molecular complexity index is 684. The van der Waals surface area contributed by atoms with Crippen LogP contribution in [0.3, 0.4) is 0 Å². The third-order valence-corrected chi connectivity index (χ3v) is 3.96. The number of amides is 1. The number of ether oxygens (including phenoxy) is 1. The first-order valence-electron chi connectivity index (χ1n) is 7.41. The van der Waals surface area contributed by atoms with Crippen molar-refractivity contribution in [1.82, 2.24) is 15.1 Å². The molecule has 1 aliphatic heterocycles. The van der Waals surface area contributed by atoms with E-state index in [9.17, 15) is 4.79 Å². The van der Waals surface area contributed by atoms with Gasteiger partial charge in [-0.25, -0.2) is 0 Å². The average Bonchev–Trinajstić information content (AvgIpc) is 3.00. The summed E-state index contributed by atoms with van der Waals surface area (Å²) in [5.41, 5.74) is 2.70. The second-order valence-corrected chi connectivity index (χ2v) is 5.78. The normalized spacial score (nSPS) is 13.8. The second-order valence-electron chi connectivity index (χ2n) is 5.34. The van der Waals surface area contributed by atoms with Crippen LogP contribution < -0.4 is 4.74 Å². The summed E-state index contributed by atoms with van der Waals surface area (Å²) in [4.78, 5) is 14.6. The van der Waals surface area contributed by atoms with Crippen molar-refractivity contribution < 1.29 is 9.53 Å². The molecule has 0 unspecified atom stereocenters. The Labute approximate surface area is 134 Å². The Hall–Kier alpha value is -2.01. The number of nitrogens with one attached hydrogen (secondary N) is 1. The van der Waals surface area contributed by atoms with Crippen molar-refractivity contribution in [1.29, 1.82) is 0 Å². The van der Waals surface area contributed by atoms with Gasteiger partial charge in [0.2, 0.25) is 0 Å². The van der Waals surface area contributed by atoms with Crippen LogP contribution in [0.25, 0.3) is 0 Å². The molecule has 1 amide bonds. The van der Waals surface area contributed by atoms with Gasteiger partial charge >= 0.3 is 0 Å².